The zero-order chi connectivity index (χ0) is 14.5. The van der Waals surface area contributed by atoms with Crippen LogP contribution in [0.15, 0.2) is 0 Å². The van der Waals surface area contributed by atoms with Gasteiger partial charge in [-0.2, -0.15) is 5.26 Å². The van der Waals surface area contributed by atoms with Gasteiger partial charge < -0.3 is 4.84 Å². The average Bonchev–Trinajstić information content (AvgIpc) is 2.69. The number of hydrogen-bond acceptors (Lipinski definition) is 7. The molecule has 1 aliphatic heterocycles. The van der Waals surface area contributed by atoms with Crippen LogP contribution in [0.4, 0.5) is 0 Å². The quantitative estimate of drug-likeness (QED) is 0.544. The number of hydroxylamine groups is 2. The molecule has 1 heterocycles. The monoisotopic (exact) mass is 302 g/mol. The van der Waals surface area contributed by atoms with E-state index in [2.05, 4.69) is 6.07 Å². The van der Waals surface area contributed by atoms with Crippen LogP contribution >= 0.6 is 21.6 Å². The van der Waals surface area contributed by atoms with Gasteiger partial charge >= 0.3 is 5.97 Å². The molecular weight excluding hydrogens is 288 g/mol. The molecule has 1 unspecified atom stereocenters. The van der Waals surface area contributed by atoms with Crippen molar-refractivity contribution in [1.82, 2.24) is 5.06 Å². The van der Waals surface area contributed by atoms with E-state index in [1.54, 1.807) is 6.92 Å². The second-order valence-corrected chi connectivity index (χ2v) is 7.04. The van der Waals surface area contributed by atoms with E-state index in [0.29, 0.717) is 11.5 Å². The molecule has 0 radical (unpaired) electrons. The maximum absolute atomic E-state index is 11.6. The molecule has 1 saturated heterocycles. The first-order valence-corrected chi connectivity index (χ1v) is 8.17. The fraction of sp³-hybridized carbons (Fsp3) is 0.636. The molecule has 0 spiro atoms. The van der Waals surface area contributed by atoms with E-state index in [9.17, 15) is 14.4 Å². The number of amides is 2. The number of carbonyl (C=O) groups excluding carboxylic acids is 3. The second-order valence-electron chi connectivity index (χ2n) is 4.14. The van der Waals surface area contributed by atoms with Gasteiger partial charge in [0.1, 0.15) is 4.75 Å². The highest BCUT2D eigenvalue weighted by Gasteiger charge is 2.33. The minimum Gasteiger partial charge on any atom is -0.330 e. The highest BCUT2D eigenvalue weighted by atomic mass is 33.1. The van der Waals surface area contributed by atoms with Crippen molar-refractivity contribution >= 4 is 39.4 Å². The molecular formula is C11H14N2O4S2. The van der Waals surface area contributed by atoms with Gasteiger partial charge in [0, 0.05) is 12.8 Å². The van der Waals surface area contributed by atoms with E-state index >= 15 is 0 Å². The molecule has 2 amide bonds. The fourth-order valence-corrected chi connectivity index (χ4v) is 3.50. The Balaban J connectivity index is 2.46. The second kappa shape index (κ2) is 6.82. The number of nitriles is 1. The lowest BCUT2D eigenvalue weighted by Gasteiger charge is -2.19. The van der Waals surface area contributed by atoms with Crippen LogP contribution in [-0.2, 0) is 19.2 Å². The summed E-state index contributed by atoms with van der Waals surface area (Å²) >= 11 is 0. The molecule has 0 bridgehead atoms. The maximum Gasteiger partial charge on any atom is 0.333 e. The lowest BCUT2D eigenvalue weighted by atomic mass is 10.1. The Labute approximate surface area is 119 Å². The molecule has 0 aromatic carbocycles. The van der Waals surface area contributed by atoms with Crippen molar-refractivity contribution in [2.24, 2.45) is 0 Å². The molecule has 0 aromatic heterocycles. The Kier molecular flexibility index (Phi) is 5.69. The lowest BCUT2D eigenvalue weighted by molar-refractivity contribution is -0.197. The third-order valence-electron chi connectivity index (χ3n) is 2.51. The van der Waals surface area contributed by atoms with Crippen LogP contribution in [0, 0.1) is 11.3 Å². The molecule has 0 saturated carbocycles. The summed E-state index contributed by atoms with van der Waals surface area (Å²) in [6, 6.07) is 2.13. The topological polar surface area (TPSA) is 87.5 Å². The van der Waals surface area contributed by atoms with Crippen LogP contribution < -0.4 is 0 Å². The van der Waals surface area contributed by atoms with E-state index in [-0.39, 0.29) is 19.3 Å². The molecule has 19 heavy (non-hydrogen) atoms. The summed E-state index contributed by atoms with van der Waals surface area (Å²) < 4.78 is -0.697. The molecule has 104 valence electrons. The number of rotatable bonds is 6. The SMILES string of the molecule is CSSC(C)(C#N)CCC(=O)ON1C(=O)CCC1=O. The Morgan fingerprint density at radius 3 is 2.53 bits per heavy atom. The van der Waals surface area contributed by atoms with Crippen LogP contribution in [0.1, 0.15) is 32.6 Å². The number of carbonyl (C=O) groups is 3. The summed E-state index contributed by atoms with van der Waals surface area (Å²) in [5.74, 6) is -1.67. The molecule has 1 atom stereocenters. The normalized spacial score (nSPS) is 18.1. The van der Waals surface area contributed by atoms with E-state index in [1.165, 1.54) is 21.6 Å². The summed E-state index contributed by atoms with van der Waals surface area (Å²) in [5.41, 5.74) is 0. The Bertz CT molecular complexity index is 419. The van der Waals surface area contributed by atoms with Gasteiger partial charge in [-0.05, 0) is 19.6 Å². The van der Waals surface area contributed by atoms with E-state index in [4.69, 9.17) is 10.1 Å². The summed E-state index contributed by atoms with van der Waals surface area (Å²) in [5, 5.41) is 9.56. The first kappa shape index (κ1) is 15.9. The van der Waals surface area contributed by atoms with E-state index < -0.39 is 22.5 Å². The number of nitrogens with zero attached hydrogens (tertiary/aromatic N) is 2. The third kappa shape index (κ3) is 4.44. The van der Waals surface area contributed by atoms with Crippen molar-refractivity contribution in [3.05, 3.63) is 0 Å². The fourth-order valence-electron chi connectivity index (χ4n) is 1.45. The van der Waals surface area contributed by atoms with Gasteiger partial charge in [-0.1, -0.05) is 21.6 Å². The summed E-state index contributed by atoms with van der Waals surface area (Å²) in [6.45, 7) is 1.73. The van der Waals surface area contributed by atoms with E-state index in [1.807, 2.05) is 6.26 Å². The Morgan fingerprint density at radius 2 is 2.05 bits per heavy atom. The average molecular weight is 302 g/mol. The standard InChI is InChI=1S/C11H14N2O4S2/c1-11(7-12,19-18-2)6-5-10(16)17-13-8(14)3-4-9(13)15/h3-6H2,1-2H3. The van der Waals surface area contributed by atoms with Gasteiger partial charge in [-0.15, -0.1) is 5.06 Å². The Morgan fingerprint density at radius 1 is 1.47 bits per heavy atom. The van der Waals surface area contributed by atoms with Crippen LogP contribution in [-0.4, -0.2) is 33.8 Å². The van der Waals surface area contributed by atoms with Crippen LogP contribution in [0.2, 0.25) is 0 Å². The molecule has 1 aliphatic rings. The first-order chi connectivity index (χ1) is 8.91. The van der Waals surface area contributed by atoms with Gasteiger partial charge in [0.15, 0.2) is 0 Å². The van der Waals surface area contributed by atoms with Gasteiger partial charge in [-0.3, -0.25) is 9.59 Å². The largest absolute Gasteiger partial charge is 0.333 e. The molecule has 0 N–H and O–H groups in total. The van der Waals surface area contributed by atoms with Gasteiger partial charge in [0.05, 0.1) is 12.5 Å². The Hall–Kier alpha value is -1.20. The maximum atomic E-state index is 11.6. The van der Waals surface area contributed by atoms with Gasteiger partial charge in [-0.25, -0.2) is 4.79 Å². The van der Waals surface area contributed by atoms with Crippen molar-refractivity contribution in [1.29, 1.82) is 5.26 Å². The van der Waals surface area contributed by atoms with Crippen molar-refractivity contribution in [2.75, 3.05) is 6.26 Å². The minimum atomic E-state index is -0.697. The van der Waals surface area contributed by atoms with Crippen molar-refractivity contribution < 1.29 is 19.2 Å². The van der Waals surface area contributed by atoms with Gasteiger partial charge in [0.25, 0.3) is 11.8 Å². The molecule has 0 aliphatic carbocycles. The molecule has 0 aromatic rings. The zero-order valence-corrected chi connectivity index (χ0v) is 12.3. The minimum absolute atomic E-state index is 0.0192. The van der Waals surface area contributed by atoms with E-state index in [0.717, 1.165) is 0 Å². The van der Waals surface area contributed by atoms with Crippen molar-refractivity contribution in [3.8, 4) is 6.07 Å². The highest BCUT2D eigenvalue weighted by Crippen LogP contribution is 2.37. The van der Waals surface area contributed by atoms with Crippen LogP contribution in [0.3, 0.4) is 0 Å². The molecule has 1 rings (SSSR count). The van der Waals surface area contributed by atoms with Crippen molar-refractivity contribution in [3.63, 3.8) is 0 Å². The predicted octanol–water partition coefficient (Wildman–Crippen LogP) is 1.67. The summed E-state index contributed by atoms with van der Waals surface area (Å²) in [7, 11) is 2.81. The molecule has 6 nitrogen and oxygen atoms in total. The molecule has 8 heteroatoms. The van der Waals surface area contributed by atoms with Crippen molar-refractivity contribution in [2.45, 2.75) is 37.4 Å². The highest BCUT2D eigenvalue weighted by molar-refractivity contribution is 8.77. The van der Waals surface area contributed by atoms with Crippen LogP contribution in [0.5, 0.6) is 0 Å². The number of hydrogen-bond donors (Lipinski definition) is 0. The third-order valence-corrected chi connectivity index (χ3v) is 4.94. The smallest absolute Gasteiger partial charge is 0.330 e. The predicted molar refractivity (Wildman–Crippen MR) is 71.5 cm³/mol. The summed E-state index contributed by atoms with van der Waals surface area (Å²) in [6.07, 6.45) is 2.27. The molecule has 1 fully saturated rings. The number of imide groups is 1. The first-order valence-electron chi connectivity index (χ1n) is 5.61. The summed E-state index contributed by atoms with van der Waals surface area (Å²) in [4.78, 5) is 38.8. The van der Waals surface area contributed by atoms with Gasteiger partial charge in [0.2, 0.25) is 0 Å². The van der Waals surface area contributed by atoms with Crippen LogP contribution in [0.25, 0.3) is 0 Å². The zero-order valence-electron chi connectivity index (χ0n) is 10.7. The lowest BCUT2D eigenvalue weighted by Crippen LogP contribution is -2.32.